The third kappa shape index (κ3) is 4.95. The van der Waals surface area contributed by atoms with Gasteiger partial charge in [-0.05, 0) is 44.8 Å². The summed E-state index contributed by atoms with van der Waals surface area (Å²) in [5.74, 6) is -2.94. The first kappa shape index (κ1) is 21.1. The molecule has 6 nitrogen and oxygen atoms in total. The van der Waals surface area contributed by atoms with Crippen LogP contribution in [-0.4, -0.2) is 17.8 Å². The summed E-state index contributed by atoms with van der Waals surface area (Å²) in [6, 6.07) is 20.3. The van der Waals surface area contributed by atoms with Gasteiger partial charge < -0.3 is 0 Å². The summed E-state index contributed by atoms with van der Waals surface area (Å²) < 4.78 is 16.2. The second-order valence-corrected chi connectivity index (χ2v) is 17.6. The van der Waals surface area contributed by atoms with Crippen LogP contribution in [0.5, 0.6) is 0 Å². The number of hydrogen-bond acceptors (Lipinski definition) is 6. The Bertz CT molecular complexity index is 957. The van der Waals surface area contributed by atoms with Gasteiger partial charge in [0.2, 0.25) is 14.2 Å². The number of rotatable bonds is 5. The summed E-state index contributed by atoms with van der Waals surface area (Å²) >= 11 is 20.2. The van der Waals surface area contributed by atoms with Gasteiger partial charge in [-0.3, -0.25) is 10.2 Å². The molecule has 0 amide bonds. The van der Waals surface area contributed by atoms with E-state index in [1.807, 2.05) is 36.4 Å². The minimum Gasteiger partial charge on any atom is -0.252 e. The Morgan fingerprint density at radius 1 is 0.750 bits per heavy atom. The Morgan fingerprint density at radius 2 is 1.25 bits per heavy atom. The van der Waals surface area contributed by atoms with Gasteiger partial charge in [0.05, 0.1) is 0 Å². The van der Waals surface area contributed by atoms with Crippen LogP contribution in [0, 0.1) is 0 Å². The zero-order valence-electron chi connectivity index (χ0n) is 14.9. The van der Waals surface area contributed by atoms with Crippen LogP contribution in [0.2, 0.25) is 0 Å². The monoisotopic (exact) mass is 494 g/mol. The van der Waals surface area contributed by atoms with Gasteiger partial charge in [-0.15, -0.1) is 0 Å². The highest BCUT2D eigenvalue weighted by molar-refractivity contribution is 8.15. The summed E-state index contributed by atoms with van der Waals surface area (Å²) in [5, 5.41) is 6.70. The molecule has 2 aromatic rings. The first-order valence-electron chi connectivity index (χ1n) is 8.72. The summed E-state index contributed by atoms with van der Waals surface area (Å²) in [6.45, 7) is -0.181. The van der Waals surface area contributed by atoms with Crippen molar-refractivity contribution in [2.24, 2.45) is 13.5 Å². The predicted molar refractivity (Wildman–Crippen MR) is 124 cm³/mol. The Morgan fingerprint density at radius 3 is 1.75 bits per heavy atom. The molecule has 150 valence electrons. The average molecular weight is 496 g/mol. The van der Waals surface area contributed by atoms with E-state index in [-0.39, 0.29) is 0 Å². The molecule has 0 aromatic heterocycles. The van der Waals surface area contributed by atoms with Crippen molar-refractivity contribution in [3.8, 4) is 0 Å². The molecule has 0 radical (unpaired) electrons. The number of benzene rings is 2. The molecular formula is C16H20Cl3N6P3. The zero-order chi connectivity index (χ0) is 19.7. The molecule has 0 bridgehead atoms. The van der Waals surface area contributed by atoms with Crippen molar-refractivity contribution in [3.05, 3.63) is 71.8 Å². The molecule has 1 atom stereocenters. The molecule has 2 N–H and O–H groups in total. The van der Waals surface area contributed by atoms with Crippen LogP contribution in [0.15, 0.2) is 74.2 Å². The maximum absolute atomic E-state index is 7.15. The number of nitrogens with one attached hydrogen (secondary N) is 2. The summed E-state index contributed by atoms with van der Waals surface area (Å²) in [7, 11) is -2.43. The molecule has 1 unspecified atom stereocenters. The van der Waals surface area contributed by atoms with Crippen molar-refractivity contribution in [1.29, 1.82) is 0 Å². The standard InChI is InChI=1S/C16H20Cl3N6P3/c17-26(18)22-27(19,24-28(23-26)20-11-12-21-28)25(13-15-7-3-1-4-8-15)14-16-9-5-2-6-10-16/h1-10,20-21H,11-14H2. The van der Waals surface area contributed by atoms with Crippen LogP contribution in [-0.2, 0) is 13.1 Å². The first-order chi connectivity index (χ1) is 13.4. The van der Waals surface area contributed by atoms with Gasteiger partial charge in [-0.25, -0.2) is 4.67 Å². The lowest BCUT2D eigenvalue weighted by Gasteiger charge is -2.34. The normalized spacial score (nSPS) is 25.1. The van der Waals surface area contributed by atoms with E-state index >= 15 is 0 Å². The Hall–Kier alpha value is -0.120. The predicted octanol–water partition coefficient (Wildman–Crippen LogP) is 7.45. The van der Waals surface area contributed by atoms with E-state index in [1.165, 1.54) is 0 Å². The van der Waals surface area contributed by atoms with Crippen molar-refractivity contribution in [2.75, 3.05) is 13.1 Å². The van der Waals surface area contributed by atoms with Gasteiger partial charge in [0.25, 0.3) is 5.91 Å². The van der Waals surface area contributed by atoms with Crippen molar-refractivity contribution < 1.29 is 0 Å². The Labute approximate surface area is 179 Å². The van der Waals surface area contributed by atoms with Crippen molar-refractivity contribution in [2.45, 2.75) is 13.1 Å². The second kappa shape index (κ2) is 8.55. The first-order valence-corrected chi connectivity index (χ1v) is 16.5. The van der Waals surface area contributed by atoms with E-state index in [1.54, 1.807) is 0 Å². The SMILES string of the molecule is ClP1(Cl)=NP(Cl)(N(Cc2ccccc2)Cc2ccccc2)=NP2(=N1)NCCN2. The van der Waals surface area contributed by atoms with E-state index in [0.29, 0.717) is 13.1 Å². The van der Waals surface area contributed by atoms with E-state index < -0.39 is 20.1 Å². The van der Waals surface area contributed by atoms with Gasteiger partial charge in [-0.2, -0.15) is 13.5 Å². The molecular weight excluding hydrogens is 475 g/mol. The van der Waals surface area contributed by atoms with Crippen LogP contribution >= 0.6 is 53.8 Å². The molecule has 2 aliphatic rings. The van der Waals surface area contributed by atoms with E-state index in [4.69, 9.17) is 38.2 Å². The lowest BCUT2D eigenvalue weighted by Crippen LogP contribution is -2.18. The lowest BCUT2D eigenvalue weighted by atomic mass is 10.2. The Kier molecular flexibility index (Phi) is 6.45. The van der Waals surface area contributed by atoms with Crippen LogP contribution in [0.3, 0.4) is 0 Å². The maximum atomic E-state index is 7.15. The molecule has 1 saturated heterocycles. The number of hydrogen-bond donors (Lipinski definition) is 2. The third-order valence-electron chi connectivity index (χ3n) is 4.27. The Balaban J connectivity index is 1.79. The van der Waals surface area contributed by atoms with E-state index in [9.17, 15) is 0 Å². The van der Waals surface area contributed by atoms with Crippen LogP contribution < -0.4 is 10.2 Å². The van der Waals surface area contributed by atoms with Crippen molar-refractivity contribution >= 4 is 53.8 Å². The summed E-state index contributed by atoms with van der Waals surface area (Å²) in [4.78, 5) is 0. The van der Waals surface area contributed by atoms with Crippen LogP contribution in [0.25, 0.3) is 0 Å². The minimum atomic E-state index is -2.94. The van der Waals surface area contributed by atoms with Gasteiger partial charge >= 0.3 is 0 Å². The number of nitrogens with zero attached hydrogens (tertiary/aromatic N) is 4. The van der Waals surface area contributed by atoms with Gasteiger partial charge in [0, 0.05) is 26.2 Å². The molecule has 2 heterocycles. The fourth-order valence-electron chi connectivity index (χ4n) is 3.05. The highest BCUT2D eigenvalue weighted by Crippen LogP contribution is 2.83. The molecule has 28 heavy (non-hydrogen) atoms. The van der Waals surface area contributed by atoms with Crippen LogP contribution in [0.4, 0.5) is 0 Å². The van der Waals surface area contributed by atoms with Gasteiger partial charge in [0.15, 0.2) is 0 Å². The quantitative estimate of drug-likeness (QED) is 0.423. The summed E-state index contributed by atoms with van der Waals surface area (Å²) in [5.41, 5.74) is 2.25. The van der Waals surface area contributed by atoms with Crippen molar-refractivity contribution in [1.82, 2.24) is 14.8 Å². The molecule has 1 fully saturated rings. The number of halogens is 3. The van der Waals surface area contributed by atoms with E-state index in [0.717, 1.165) is 24.2 Å². The summed E-state index contributed by atoms with van der Waals surface area (Å²) in [6.07, 6.45) is 0. The molecule has 0 aliphatic carbocycles. The average Bonchev–Trinajstić information content (AvgIpc) is 3.08. The minimum absolute atomic E-state index is 0.591. The van der Waals surface area contributed by atoms with Gasteiger partial charge in [-0.1, -0.05) is 60.7 Å². The fourth-order valence-corrected chi connectivity index (χ4v) is 17.8. The molecule has 12 heteroatoms. The maximum Gasteiger partial charge on any atom is 0.257 e. The highest BCUT2D eigenvalue weighted by atomic mass is 35.9. The molecule has 2 aliphatic heterocycles. The smallest absolute Gasteiger partial charge is 0.252 e. The van der Waals surface area contributed by atoms with Crippen LogP contribution in [0.1, 0.15) is 11.1 Å². The lowest BCUT2D eigenvalue weighted by molar-refractivity contribution is 0.446. The zero-order valence-corrected chi connectivity index (χ0v) is 19.8. The molecule has 2 aromatic carbocycles. The van der Waals surface area contributed by atoms with Gasteiger partial charge in [0.1, 0.15) is 0 Å². The topological polar surface area (TPSA) is 64.4 Å². The largest absolute Gasteiger partial charge is 0.257 e. The molecule has 1 spiro atoms. The highest BCUT2D eigenvalue weighted by Gasteiger charge is 2.39. The second-order valence-electron chi connectivity index (χ2n) is 6.43. The third-order valence-corrected chi connectivity index (χ3v) is 16.5. The molecule has 4 rings (SSSR count). The van der Waals surface area contributed by atoms with E-state index in [2.05, 4.69) is 48.1 Å². The fraction of sp³-hybridized carbons (Fsp3) is 0.250. The van der Waals surface area contributed by atoms with Crippen molar-refractivity contribution in [3.63, 3.8) is 0 Å². The molecule has 0 saturated carbocycles.